The van der Waals surface area contributed by atoms with Crippen LogP contribution in [0.4, 0.5) is 10.5 Å². The van der Waals surface area contributed by atoms with Crippen molar-refractivity contribution in [1.29, 1.82) is 0 Å². The Morgan fingerprint density at radius 1 is 0.897 bits per heavy atom. The number of furan rings is 1. The van der Waals surface area contributed by atoms with E-state index in [2.05, 4.69) is 10.6 Å². The molecule has 2 N–H and O–H groups in total. The van der Waals surface area contributed by atoms with Gasteiger partial charge in [-0.05, 0) is 61.4 Å². The van der Waals surface area contributed by atoms with Crippen LogP contribution in [-0.2, 0) is 22.6 Å². The predicted octanol–water partition coefficient (Wildman–Crippen LogP) is 5.53. The molecule has 0 radical (unpaired) electrons. The summed E-state index contributed by atoms with van der Waals surface area (Å²) in [5, 5.41) is 5.75. The van der Waals surface area contributed by atoms with Gasteiger partial charge in [0.1, 0.15) is 5.76 Å². The molecule has 2 unspecified atom stereocenters. The standard InChI is InChI=1S/C31H29N3O5/c1-20-8-10-22(11-9-20)19-34-27(30(36)32-18-26-7-4-16-38-26)28(39-31(34)37)23-12-14-25(15-13-23)33-29(35)24-6-3-5-21(2)17-24/h3-17,27-28H,18-19H2,1-2H3,(H,32,36)(H,33,35). The van der Waals surface area contributed by atoms with Crippen molar-refractivity contribution in [1.82, 2.24) is 10.2 Å². The van der Waals surface area contributed by atoms with Crippen LogP contribution in [0.2, 0.25) is 0 Å². The zero-order valence-corrected chi connectivity index (χ0v) is 21.7. The number of anilines is 1. The van der Waals surface area contributed by atoms with Crippen molar-refractivity contribution in [2.75, 3.05) is 5.32 Å². The number of carbonyl (C=O) groups excluding carboxylic acids is 3. The molecular weight excluding hydrogens is 494 g/mol. The van der Waals surface area contributed by atoms with Gasteiger partial charge in [-0.3, -0.25) is 14.5 Å². The predicted molar refractivity (Wildman–Crippen MR) is 146 cm³/mol. The molecule has 2 heterocycles. The van der Waals surface area contributed by atoms with Crippen LogP contribution in [0.3, 0.4) is 0 Å². The van der Waals surface area contributed by atoms with Crippen molar-refractivity contribution in [3.8, 4) is 0 Å². The molecule has 3 amide bonds. The molecule has 1 aliphatic rings. The molecule has 8 nitrogen and oxygen atoms in total. The second-order valence-corrected chi connectivity index (χ2v) is 9.61. The van der Waals surface area contributed by atoms with E-state index in [-0.39, 0.29) is 24.9 Å². The maximum atomic E-state index is 13.4. The maximum Gasteiger partial charge on any atom is 0.411 e. The topological polar surface area (TPSA) is 101 Å². The Balaban J connectivity index is 1.36. The first-order chi connectivity index (χ1) is 18.9. The van der Waals surface area contributed by atoms with Crippen molar-refractivity contribution in [3.05, 3.63) is 125 Å². The zero-order chi connectivity index (χ0) is 27.4. The minimum Gasteiger partial charge on any atom is -0.467 e. The number of nitrogens with zero attached hydrogens (tertiary/aromatic N) is 1. The SMILES string of the molecule is Cc1ccc(CN2C(=O)OC(c3ccc(NC(=O)c4cccc(C)c4)cc3)C2C(=O)NCc2ccco2)cc1. The summed E-state index contributed by atoms with van der Waals surface area (Å²) in [6.45, 7) is 4.32. The fourth-order valence-corrected chi connectivity index (χ4v) is 4.54. The van der Waals surface area contributed by atoms with Crippen LogP contribution in [-0.4, -0.2) is 28.8 Å². The van der Waals surface area contributed by atoms with Crippen LogP contribution in [0.5, 0.6) is 0 Å². The molecule has 0 spiro atoms. The van der Waals surface area contributed by atoms with Crippen molar-refractivity contribution in [2.24, 2.45) is 0 Å². The van der Waals surface area contributed by atoms with Gasteiger partial charge in [-0.2, -0.15) is 0 Å². The number of hydrogen-bond donors (Lipinski definition) is 2. The largest absolute Gasteiger partial charge is 0.467 e. The molecule has 4 aromatic rings. The van der Waals surface area contributed by atoms with Crippen LogP contribution in [0.25, 0.3) is 0 Å². The van der Waals surface area contributed by atoms with Crippen LogP contribution >= 0.6 is 0 Å². The summed E-state index contributed by atoms with van der Waals surface area (Å²) in [5.74, 6) is 0.0216. The summed E-state index contributed by atoms with van der Waals surface area (Å²) in [7, 11) is 0. The third-order valence-corrected chi connectivity index (χ3v) is 6.62. The molecule has 198 valence electrons. The van der Waals surface area contributed by atoms with Gasteiger partial charge < -0.3 is 19.8 Å². The Morgan fingerprint density at radius 2 is 1.67 bits per heavy atom. The minimum atomic E-state index is -0.901. The van der Waals surface area contributed by atoms with Crippen molar-refractivity contribution >= 4 is 23.6 Å². The lowest BCUT2D eigenvalue weighted by Gasteiger charge is -2.24. The Kier molecular flexibility index (Phi) is 7.45. The van der Waals surface area contributed by atoms with Crippen molar-refractivity contribution in [2.45, 2.75) is 39.1 Å². The number of amides is 3. The molecule has 1 saturated heterocycles. The van der Waals surface area contributed by atoms with Crippen molar-refractivity contribution < 1.29 is 23.5 Å². The number of benzene rings is 3. The van der Waals surface area contributed by atoms with E-state index in [0.717, 1.165) is 16.7 Å². The number of ether oxygens (including phenoxy) is 1. The summed E-state index contributed by atoms with van der Waals surface area (Å²) in [6, 6.07) is 24.7. The summed E-state index contributed by atoms with van der Waals surface area (Å²) in [5.41, 5.74) is 4.77. The first-order valence-electron chi connectivity index (χ1n) is 12.7. The minimum absolute atomic E-state index is 0.186. The number of rotatable bonds is 8. The Hall–Kier alpha value is -4.85. The Morgan fingerprint density at radius 3 is 2.36 bits per heavy atom. The van der Waals surface area contributed by atoms with Crippen LogP contribution in [0.1, 0.15) is 44.5 Å². The van der Waals surface area contributed by atoms with E-state index < -0.39 is 18.2 Å². The van der Waals surface area contributed by atoms with E-state index in [1.54, 1.807) is 42.5 Å². The monoisotopic (exact) mass is 523 g/mol. The first-order valence-corrected chi connectivity index (χ1v) is 12.7. The molecule has 3 aromatic carbocycles. The van der Waals surface area contributed by atoms with Gasteiger partial charge in [-0.25, -0.2) is 4.79 Å². The van der Waals surface area contributed by atoms with Crippen LogP contribution in [0.15, 0.2) is 95.6 Å². The van der Waals surface area contributed by atoms with Crippen LogP contribution in [0, 0.1) is 13.8 Å². The summed E-state index contributed by atoms with van der Waals surface area (Å²) >= 11 is 0. The van der Waals surface area contributed by atoms with Gasteiger partial charge >= 0.3 is 6.09 Å². The maximum absolute atomic E-state index is 13.4. The molecule has 5 rings (SSSR count). The fraction of sp³-hybridized carbons (Fsp3) is 0.194. The molecular formula is C31H29N3O5. The summed E-state index contributed by atoms with van der Waals surface area (Å²) in [6.07, 6.45) is 0.131. The zero-order valence-electron chi connectivity index (χ0n) is 21.7. The highest BCUT2D eigenvalue weighted by atomic mass is 16.6. The average Bonchev–Trinajstić information content (AvgIpc) is 3.57. The normalized spacial score (nSPS) is 16.6. The molecule has 39 heavy (non-hydrogen) atoms. The quantitative estimate of drug-likeness (QED) is 0.316. The third kappa shape index (κ3) is 6.01. The number of hydrogen-bond acceptors (Lipinski definition) is 5. The van der Waals surface area contributed by atoms with Crippen molar-refractivity contribution in [3.63, 3.8) is 0 Å². The van der Waals surface area contributed by atoms with Gasteiger partial charge in [0, 0.05) is 11.3 Å². The van der Waals surface area contributed by atoms with E-state index >= 15 is 0 Å². The summed E-state index contributed by atoms with van der Waals surface area (Å²) in [4.78, 5) is 40.6. The third-order valence-electron chi connectivity index (χ3n) is 6.62. The van der Waals surface area contributed by atoms with E-state index in [9.17, 15) is 14.4 Å². The molecule has 1 aliphatic heterocycles. The lowest BCUT2D eigenvalue weighted by Crippen LogP contribution is -2.46. The molecule has 8 heteroatoms. The molecule has 0 saturated carbocycles. The number of nitrogens with one attached hydrogen (secondary N) is 2. The molecule has 0 aliphatic carbocycles. The van der Waals surface area contributed by atoms with E-state index in [1.807, 2.05) is 56.3 Å². The second-order valence-electron chi connectivity index (χ2n) is 9.61. The number of aryl methyl sites for hydroxylation is 2. The summed E-state index contributed by atoms with van der Waals surface area (Å²) < 4.78 is 11.1. The molecule has 0 bridgehead atoms. The first kappa shape index (κ1) is 25.8. The van der Waals surface area contributed by atoms with Crippen LogP contribution < -0.4 is 10.6 Å². The lowest BCUT2D eigenvalue weighted by atomic mass is 10.00. The van der Waals surface area contributed by atoms with E-state index in [0.29, 0.717) is 22.6 Å². The van der Waals surface area contributed by atoms with Gasteiger partial charge in [-0.15, -0.1) is 0 Å². The van der Waals surface area contributed by atoms with E-state index in [1.165, 1.54) is 11.2 Å². The highest BCUT2D eigenvalue weighted by Crippen LogP contribution is 2.34. The van der Waals surface area contributed by atoms with Gasteiger partial charge in [0.15, 0.2) is 12.1 Å². The lowest BCUT2D eigenvalue weighted by molar-refractivity contribution is -0.126. The molecule has 2 atom stereocenters. The Labute approximate surface area is 226 Å². The van der Waals surface area contributed by atoms with Gasteiger partial charge in [-0.1, -0.05) is 59.7 Å². The smallest absolute Gasteiger partial charge is 0.411 e. The molecule has 1 aromatic heterocycles. The van der Waals surface area contributed by atoms with Gasteiger partial charge in [0.25, 0.3) is 5.91 Å². The average molecular weight is 524 g/mol. The highest BCUT2D eigenvalue weighted by molar-refractivity contribution is 6.04. The Bertz CT molecular complexity index is 1460. The number of carbonyl (C=O) groups is 3. The fourth-order valence-electron chi connectivity index (χ4n) is 4.54. The molecule has 1 fully saturated rings. The van der Waals surface area contributed by atoms with Gasteiger partial charge in [0.2, 0.25) is 5.91 Å². The highest BCUT2D eigenvalue weighted by Gasteiger charge is 2.47. The van der Waals surface area contributed by atoms with E-state index in [4.69, 9.17) is 9.15 Å². The second kappa shape index (κ2) is 11.3. The van der Waals surface area contributed by atoms with Gasteiger partial charge in [0.05, 0.1) is 19.4 Å². The number of cyclic esters (lactones) is 1.